The molecule has 1 atom stereocenters. The third-order valence-corrected chi connectivity index (χ3v) is 7.92. The number of amides is 1. The van der Waals surface area contributed by atoms with E-state index >= 15 is 0 Å². The Morgan fingerprint density at radius 1 is 1.06 bits per heavy atom. The van der Waals surface area contributed by atoms with Crippen molar-refractivity contribution in [1.29, 1.82) is 0 Å². The summed E-state index contributed by atoms with van der Waals surface area (Å²) in [4.78, 5) is 21.1. The molecule has 2 aliphatic heterocycles. The van der Waals surface area contributed by atoms with Gasteiger partial charge in [0.05, 0.1) is 0 Å². The lowest BCUT2D eigenvalue weighted by Gasteiger charge is -2.25. The van der Waals surface area contributed by atoms with Crippen LogP contribution in [0.25, 0.3) is 22.3 Å². The molecule has 6 nitrogen and oxygen atoms in total. The summed E-state index contributed by atoms with van der Waals surface area (Å²) in [5, 5.41) is 2.86. The van der Waals surface area contributed by atoms with Crippen LogP contribution >= 0.6 is 0 Å². The standard InChI is InChI=1S/C29H32FN5O/c1-34(16-18-2-3-18)23-11-13-35(17-23)22-7-4-19(5-8-22)25-15-26(28(31)33-27(25)30)20-6-9-24-21(14-20)10-12-32-29(24)36/h4-9,14-15,18,23H,2-3,10-13,16-17H2,1H3,(H2,31,33)(H,32,36)/t23-/m1/s1. The van der Waals surface area contributed by atoms with Gasteiger partial charge in [0.1, 0.15) is 5.82 Å². The van der Waals surface area contributed by atoms with Gasteiger partial charge in [-0.1, -0.05) is 24.3 Å². The van der Waals surface area contributed by atoms with Crippen molar-refractivity contribution in [3.8, 4) is 22.3 Å². The van der Waals surface area contributed by atoms with Crippen LogP contribution in [0.3, 0.4) is 0 Å². The van der Waals surface area contributed by atoms with Crippen LogP contribution < -0.4 is 16.0 Å². The van der Waals surface area contributed by atoms with Crippen molar-refractivity contribution >= 4 is 17.4 Å². The minimum Gasteiger partial charge on any atom is -0.383 e. The molecule has 0 radical (unpaired) electrons. The van der Waals surface area contributed by atoms with Crippen LogP contribution in [0.15, 0.2) is 48.5 Å². The van der Waals surface area contributed by atoms with Gasteiger partial charge >= 0.3 is 0 Å². The molecule has 1 aromatic heterocycles. The number of anilines is 2. The molecule has 0 unspecified atom stereocenters. The summed E-state index contributed by atoms with van der Waals surface area (Å²) in [6.07, 6.45) is 4.69. The lowest BCUT2D eigenvalue weighted by molar-refractivity contribution is 0.0946. The third kappa shape index (κ3) is 4.44. The van der Waals surface area contributed by atoms with Gasteiger partial charge in [-0.05, 0) is 79.6 Å². The second-order valence-corrected chi connectivity index (χ2v) is 10.5. The van der Waals surface area contributed by atoms with E-state index in [1.165, 1.54) is 25.8 Å². The lowest BCUT2D eigenvalue weighted by atomic mass is 9.94. The van der Waals surface area contributed by atoms with Gasteiger partial charge < -0.3 is 20.9 Å². The molecule has 2 aromatic carbocycles. The van der Waals surface area contributed by atoms with Gasteiger partial charge in [-0.25, -0.2) is 4.98 Å². The Balaban J connectivity index is 1.23. The number of likely N-dealkylation sites (N-methyl/N-ethyl adjacent to an activating group) is 1. The van der Waals surface area contributed by atoms with Crippen LogP contribution in [0.2, 0.25) is 0 Å². The van der Waals surface area contributed by atoms with E-state index in [1.54, 1.807) is 6.07 Å². The summed E-state index contributed by atoms with van der Waals surface area (Å²) in [7, 11) is 2.25. The maximum Gasteiger partial charge on any atom is 0.251 e. The number of nitrogen functional groups attached to an aromatic ring is 1. The molecular formula is C29H32FN5O. The van der Waals surface area contributed by atoms with Crippen molar-refractivity contribution in [2.45, 2.75) is 31.7 Å². The van der Waals surface area contributed by atoms with E-state index < -0.39 is 5.95 Å². The molecule has 2 fully saturated rings. The van der Waals surface area contributed by atoms with Crippen molar-refractivity contribution in [2.75, 3.05) is 43.9 Å². The fraction of sp³-hybridized carbons (Fsp3) is 0.379. The second kappa shape index (κ2) is 9.21. The Bertz CT molecular complexity index is 1300. The molecule has 1 saturated carbocycles. The summed E-state index contributed by atoms with van der Waals surface area (Å²) in [5.41, 5.74) is 11.7. The zero-order chi connectivity index (χ0) is 24.8. The highest BCUT2D eigenvalue weighted by Crippen LogP contribution is 2.35. The highest BCUT2D eigenvalue weighted by atomic mass is 19.1. The SMILES string of the molecule is CN(CC1CC1)[C@@H]1CCN(c2ccc(-c3cc(-c4ccc5c(c4)CCNC5=O)c(N)nc3F)cc2)C1. The van der Waals surface area contributed by atoms with Gasteiger partial charge in [0.15, 0.2) is 0 Å². The molecule has 7 heteroatoms. The molecule has 3 heterocycles. The maximum atomic E-state index is 14.9. The minimum atomic E-state index is -0.579. The Labute approximate surface area is 211 Å². The number of hydrogen-bond donors (Lipinski definition) is 2. The first-order valence-corrected chi connectivity index (χ1v) is 12.9. The Morgan fingerprint density at radius 3 is 2.61 bits per heavy atom. The number of fused-ring (bicyclic) bond motifs is 1. The van der Waals surface area contributed by atoms with Gasteiger partial charge in [0.2, 0.25) is 5.95 Å². The maximum absolute atomic E-state index is 14.9. The minimum absolute atomic E-state index is 0.0623. The molecule has 186 valence electrons. The highest BCUT2D eigenvalue weighted by Gasteiger charge is 2.30. The number of hydrogen-bond acceptors (Lipinski definition) is 5. The Morgan fingerprint density at radius 2 is 1.83 bits per heavy atom. The molecule has 1 saturated heterocycles. The topological polar surface area (TPSA) is 74.5 Å². The van der Waals surface area contributed by atoms with Crippen molar-refractivity contribution in [1.82, 2.24) is 15.2 Å². The quantitative estimate of drug-likeness (QED) is 0.508. The summed E-state index contributed by atoms with van der Waals surface area (Å²) in [6.45, 7) is 3.89. The number of nitrogens with zero attached hydrogens (tertiary/aromatic N) is 3. The molecule has 6 rings (SSSR count). The first kappa shape index (κ1) is 23.0. The largest absolute Gasteiger partial charge is 0.383 e. The predicted octanol–water partition coefficient (Wildman–Crippen LogP) is 4.34. The van der Waals surface area contributed by atoms with E-state index in [0.29, 0.717) is 29.3 Å². The fourth-order valence-electron chi connectivity index (χ4n) is 5.58. The van der Waals surface area contributed by atoms with Crippen LogP contribution in [0.4, 0.5) is 15.9 Å². The highest BCUT2D eigenvalue weighted by molar-refractivity contribution is 5.97. The first-order valence-electron chi connectivity index (χ1n) is 12.9. The third-order valence-electron chi connectivity index (χ3n) is 7.92. The number of aromatic nitrogens is 1. The smallest absolute Gasteiger partial charge is 0.251 e. The average Bonchev–Trinajstić information content (AvgIpc) is 3.55. The summed E-state index contributed by atoms with van der Waals surface area (Å²) < 4.78 is 14.9. The van der Waals surface area contributed by atoms with Crippen molar-refractivity contribution in [3.63, 3.8) is 0 Å². The zero-order valence-electron chi connectivity index (χ0n) is 20.6. The molecular weight excluding hydrogens is 453 g/mol. The van der Waals surface area contributed by atoms with Crippen LogP contribution in [-0.2, 0) is 6.42 Å². The fourth-order valence-corrected chi connectivity index (χ4v) is 5.58. The van der Waals surface area contributed by atoms with Crippen molar-refractivity contribution in [2.24, 2.45) is 5.92 Å². The number of carbonyl (C=O) groups excluding carboxylic acids is 1. The van der Waals surface area contributed by atoms with E-state index in [1.807, 2.05) is 30.3 Å². The van der Waals surface area contributed by atoms with E-state index in [9.17, 15) is 9.18 Å². The normalized spacial score (nSPS) is 19.5. The van der Waals surface area contributed by atoms with Crippen LogP contribution in [0.1, 0.15) is 35.2 Å². The number of nitrogens with one attached hydrogen (secondary N) is 1. The van der Waals surface area contributed by atoms with E-state index in [4.69, 9.17) is 5.73 Å². The number of rotatable bonds is 6. The van der Waals surface area contributed by atoms with Gasteiger partial charge in [0, 0.05) is 54.6 Å². The molecule has 3 N–H and O–H groups in total. The Kier molecular flexibility index (Phi) is 5.88. The molecule has 0 spiro atoms. The number of nitrogens with two attached hydrogens (primary N) is 1. The van der Waals surface area contributed by atoms with E-state index in [2.05, 4.69) is 39.3 Å². The van der Waals surface area contributed by atoms with Gasteiger partial charge in [-0.15, -0.1) is 0 Å². The van der Waals surface area contributed by atoms with Crippen LogP contribution in [0.5, 0.6) is 0 Å². The van der Waals surface area contributed by atoms with E-state index in [-0.39, 0.29) is 11.7 Å². The molecule has 3 aliphatic rings. The predicted molar refractivity (Wildman–Crippen MR) is 141 cm³/mol. The summed E-state index contributed by atoms with van der Waals surface area (Å²) >= 11 is 0. The lowest BCUT2D eigenvalue weighted by Crippen LogP contribution is -2.35. The molecule has 1 aliphatic carbocycles. The molecule has 0 bridgehead atoms. The van der Waals surface area contributed by atoms with Gasteiger partial charge in [-0.2, -0.15) is 4.39 Å². The molecule has 36 heavy (non-hydrogen) atoms. The number of halogens is 1. The molecule has 1 amide bonds. The summed E-state index contributed by atoms with van der Waals surface area (Å²) in [5.74, 6) is 0.404. The van der Waals surface area contributed by atoms with Gasteiger partial charge in [0.25, 0.3) is 5.91 Å². The molecule has 3 aromatic rings. The van der Waals surface area contributed by atoms with Crippen LogP contribution in [-0.4, -0.2) is 55.1 Å². The van der Waals surface area contributed by atoms with Gasteiger partial charge in [-0.3, -0.25) is 4.79 Å². The number of benzene rings is 2. The Hall–Kier alpha value is -3.45. The summed E-state index contributed by atoms with van der Waals surface area (Å²) in [6, 6.07) is 16.1. The second-order valence-electron chi connectivity index (χ2n) is 10.5. The zero-order valence-corrected chi connectivity index (χ0v) is 20.6. The van der Waals surface area contributed by atoms with Crippen molar-refractivity contribution in [3.05, 3.63) is 65.6 Å². The first-order chi connectivity index (χ1) is 17.5. The number of pyridine rings is 1. The average molecular weight is 486 g/mol. The van der Waals surface area contributed by atoms with Crippen LogP contribution in [0, 0.1) is 11.9 Å². The number of carbonyl (C=O) groups is 1. The van der Waals surface area contributed by atoms with E-state index in [0.717, 1.165) is 47.8 Å². The monoisotopic (exact) mass is 485 g/mol. The van der Waals surface area contributed by atoms with Crippen molar-refractivity contribution < 1.29 is 9.18 Å².